The van der Waals surface area contributed by atoms with Gasteiger partial charge >= 0.3 is 0 Å². The molecule has 2 aromatic heterocycles. The molecule has 2 N–H and O–H groups in total. The summed E-state index contributed by atoms with van der Waals surface area (Å²) in [7, 11) is 0. The van der Waals surface area contributed by atoms with E-state index in [1.807, 2.05) is 13.8 Å². The quantitative estimate of drug-likeness (QED) is 0.342. The van der Waals surface area contributed by atoms with Crippen molar-refractivity contribution < 1.29 is 18.7 Å². The Bertz CT molecular complexity index is 1560. The molecule has 0 atom stereocenters. The first-order valence-electron chi connectivity index (χ1n) is 11.8. The fourth-order valence-corrected chi connectivity index (χ4v) is 4.43. The van der Waals surface area contributed by atoms with Crippen molar-refractivity contribution in [2.45, 2.75) is 32.5 Å². The van der Waals surface area contributed by atoms with Crippen molar-refractivity contribution in [2.24, 2.45) is 0 Å². The van der Waals surface area contributed by atoms with E-state index in [2.05, 4.69) is 20.4 Å². The van der Waals surface area contributed by atoms with E-state index in [0.29, 0.717) is 29.7 Å². The van der Waals surface area contributed by atoms with Crippen molar-refractivity contribution in [1.82, 2.24) is 24.3 Å². The molecule has 3 aromatic carbocycles. The van der Waals surface area contributed by atoms with E-state index in [0.717, 1.165) is 0 Å². The zero-order chi connectivity index (χ0) is 26.2. The summed E-state index contributed by atoms with van der Waals surface area (Å²) in [6, 6.07) is 16.2. The second-order valence-corrected chi connectivity index (χ2v) is 8.43. The third-order valence-corrected chi connectivity index (χ3v) is 6.26. The number of benzene rings is 3. The maximum atomic E-state index is 15.1. The molecule has 0 spiro atoms. The number of aliphatic hydroxyl groups is 1. The summed E-state index contributed by atoms with van der Waals surface area (Å²) in [6.45, 7) is 4.65. The molecular formula is C27H24F2N6O2. The zero-order valence-corrected chi connectivity index (χ0v) is 20.2. The van der Waals surface area contributed by atoms with E-state index in [9.17, 15) is 9.90 Å². The van der Waals surface area contributed by atoms with E-state index in [4.69, 9.17) is 0 Å². The van der Waals surface area contributed by atoms with Crippen LogP contribution in [0.3, 0.4) is 0 Å². The van der Waals surface area contributed by atoms with Gasteiger partial charge in [-0.25, -0.2) is 18.7 Å². The summed E-state index contributed by atoms with van der Waals surface area (Å²) in [5.74, 6) is -1.64. The van der Waals surface area contributed by atoms with Crippen LogP contribution in [0, 0.1) is 11.6 Å². The van der Waals surface area contributed by atoms with Crippen LogP contribution in [0.4, 0.5) is 14.7 Å². The molecule has 188 valence electrons. The number of nitrogens with one attached hydrogen (secondary N) is 1. The Balaban J connectivity index is 1.66. The first kappa shape index (κ1) is 24.3. The first-order valence-corrected chi connectivity index (χ1v) is 11.8. The van der Waals surface area contributed by atoms with Gasteiger partial charge in [0.2, 0.25) is 5.95 Å². The van der Waals surface area contributed by atoms with Gasteiger partial charge in [0.25, 0.3) is 5.91 Å². The largest absolute Gasteiger partial charge is 0.373 e. The van der Waals surface area contributed by atoms with E-state index in [1.165, 1.54) is 42.7 Å². The molecule has 0 aliphatic heterocycles. The number of imidazole rings is 1. The molecule has 0 aliphatic carbocycles. The Labute approximate surface area is 211 Å². The number of anilines is 1. The second-order valence-electron chi connectivity index (χ2n) is 8.43. The molecule has 0 bridgehead atoms. The molecule has 0 aliphatic rings. The van der Waals surface area contributed by atoms with Gasteiger partial charge in [-0.1, -0.05) is 36.4 Å². The average molecular weight is 503 g/mol. The number of amides is 1. The van der Waals surface area contributed by atoms with Gasteiger partial charge in [-0.05, 0) is 44.2 Å². The maximum absolute atomic E-state index is 15.1. The van der Waals surface area contributed by atoms with Gasteiger partial charge in [0.05, 0.1) is 11.0 Å². The van der Waals surface area contributed by atoms with Gasteiger partial charge in [0, 0.05) is 29.8 Å². The third kappa shape index (κ3) is 4.15. The molecule has 37 heavy (non-hydrogen) atoms. The summed E-state index contributed by atoms with van der Waals surface area (Å²) < 4.78 is 33.4. The van der Waals surface area contributed by atoms with Crippen molar-refractivity contribution in [1.29, 1.82) is 0 Å². The lowest BCUT2D eigenvalue weighted by Gasteiger charge is -2.30. The minimum absolute atomic E-state index is 0.0288. The molecular weight excluding hydrogens is 478 g/mol. The lowest BCUT2D eigenvalue weighted by molar-refractivity contribution is 0.102. The predicted octanol–water partition coefficient (Wildman–Crippen LogP) is 4.48. The minimum Gasteiger partial charge on any atom is -0.373 e. The van der Waals surface area contributed by atoms with Gasteiger partial charge in [-0.2, -0.15) is 0 Å². The molecule has 0 radical (unpaired) electrons. The Morgan fingerprint density at radius 3 is 2.19 bits per heavy atom. The van der Waals surface area contributed by atoms with E-state index in [-0.39, 0.29) is 22.9 Å². The second kappa shape index (κ2) is 9.55. The summed E-state index contributed by atoms with van der Waals surface area (Å²) >= 11 is 0. The van der Waals surface area contributed by atoms with Crippen LogP contribution in [0.5, 0.6) is 0 Å². The lowest BCUT2D eigenvalue weighted by Crippen LogP contribution is -2.34. The van der Waals surface area contributed by atoms with Gasteiger partial charge < -0.3 is 9.67 Å². The highest BCUT2D eigenvalue weighted by atomic mass is 19.1. The first-order chi connectivity index (χ1) is 17.9. The van der Waals surface area contributed by atoms with E-state index >= 15 is 8.78 Å². The number of halogens is 2. The fraction of sp³-hybridized carbons (Fsp3) is 0.185. The zero-order valence-electron chi connectivity index (χ0n) is 20.2. The Morgan fingerprint density at radius 2 is 1.62 bits per heavy atom. The van der Waals surface area contributed by atoms with Crippen molar-refractivity contribution in [3.8, 4) is 0 Å². The Hall–Kier alpha value is -4.44. The molecule has 5 aromatic rings. The van der Waals surface area contributed by atoms with Gasteiger partial charge in [0.1, 0.15) is 18.0 Å². The third-order valence-electron chi connectivity index (χ3n) is 6.26. The summed E-state index contributed by atoms with van der Waals surface area (Å²) in [4.78, 5) is 21.6. The highest BCUT2D eigenvalue weighted by molar-refractivity contribution is 6.05. The SMILES string of the molecule is CCn1cnc(NC(=O)c2ccc3nc(C(O)(c4ccccc4F)c4ccccc4F)n(CC)c3c2)n1. The van der Waals surface area contributed by atoms with Crippen LogP contribution in [0.1, 0.15) is 41.2 Å². The van der Waals surface area contributed by atoms with Crippen molar-refractivity contribution in [3.05, 3.63) is 107 Å². The lowest BCUT2D eigenvalue weighted by atomic mass is 9.84. The number of fused-ring (bicyclic) bond motifs is 1. The number of carbonyl (C=O) groups is 1. The number of rotatable bonds is 7. The molecule has 0 unspecified atom stereocenters. The van der Waals surface area contributed by atoms with Crippen LogP contribution >= 0.6 is 0 Å². The Kier molecular flexibility index (Phi) is 6.26. The van der Waals surface area contributed by atoms with Gasteiger partial charge in [0.15, 0.2) is 11.4 Å². The number of nitrogens with zero attached hydrogens (tertiary/aromatic N) is 5. The Morgan fingerprint density at radius 1 is 0.973 bits per heavy atom. The van der Waals surface area contributed by atoms with Crippen molar-refractivity contribution >= 4 is 22.9 Å². The highest BCUT2D eigenvalue weighted by Gasteiger charge is 2.42. The van der Waals surface area contributed by atoms with E-state index in [1.54, 1.807) is 39.6 Å². The normalized spacial score (nSPS) is 11.7. The smallest absolute Gasteiger partial charge is 0.258 e. The number of aromatic nitrogens is 5. The fourth-order valence-electron chi connectivity index (χ4n) is 4.43. The molecule has 10 heteroatoms. The maximum Gasteiger partial charge on any atom is 0.258 e. The number of hydrogen-bond donors (Lipinski definition) is 2. The summed E-state index contributed by atoms with van der Waals surface area (Å²) in [6.07, 6.45) is 1.52. The standard InChI is InChI=1S/C27H24F2N6O2/c1-3-34-16-30-26(33-34)32-24(36)17-13-14-22-23(15-17)35(4-2)25(31-22)27(37,18-9-5-7-11-20(18)28)19-10-6-8-12-21(19)29/h5-16,37H,3-4H2,1-2H3,(H,32,33,36). The predicted molar refractivity (Wildman–Crippen MR) is 134 cm³/mol. The van der Waals surface area contributed by atoms with Crippen LogP contribution in [-0.4, -0.2) is 35.3 Å². The van der Waals surface area contributed by atoms with Crippen LogP contribution in [0.2, 0.25) is 0 Å². The summed E-state index contributed by atoms with van der Waals surface area (Å²) in [5, 5.41) is 19.0. The average Bonchev–Trinajstić information content (AvgIpc) is 3.52. The topological polar surface area (TPSA) is 97.9 Å². The molecule has 0 fully saturated rings. The molecule has 8 nitrogen and oxygen atoms in total. The van der Waals surface area contributed by atoms with Gasteiger partial charge in [-0.15, -0.1) is 5.10 Å². The molecule has 5 rings (SSSR count). The monoisotopic (exact) mass is 502 g/mol. The number of hydrogen-bond acceptors (Lipinski definition) is 5. The van der Waals surface area contributed by atoms with Crippen LogP contribution in [0.15, 0.2) is 73.1 Å². The molecule has 0 saturated heterocycles. The van der Waals surface area contributed by atoms with Crippen molar-refractivity contribution in [2.75, 3.05) is 5.32 Å². The minimum atomic E-state index is -2.24. The van der Waals surface area contributed by atoms with Gasteiger partial charge in [-0.3, -0.25) is 14.8 Å². The van der Waals surface area contributed by atoms with Crippen LogP contribution < -0.4 is 5.32 Å². The van der Waals surface area contributed by atoms with E-state index < -0.39 is 23.1 Å². The summed E-state index contributed by atoms with van der Waals surface area (Å²) in [5.41, 5.74) is -1.25. The number of aryl methyl sites for hydroxylation is 2. The van der Waals surface area contributed by atoms with Crippen LogP contribution in [-0.2, 0) is 18.7 Å². The number of carbonyl (C=O) groups excluding carboxylic acids is 1. The molecule has 2 heterocycles. The van der Waals surface area contributed by atoms with Crippen LogP contribution in [0.25, 0.3) is 11.0 Å². The highest BCUT2D eigenvalue weighted by Crippen LogP contribution is 2.40. The van der Waals surface area contributed by atoms with Crippen molar-refractivity contribution in [3.63, 3.8) is 0 Å². The molecule has 1 amide bonds. The molecule has 0 saturated carbocycles.